The van der Waals surface area contributed by atoms with Gasteiger partial charge in [-0.3, -0.25) is 4.79 Å². The maximum Gasteiger partial charge on any atom is 0.328 e. The molecule has 0 saturated heterocycles. The van der Waals surface area contributed by atoms with Crippen molar-refractivity contribution < 1.29 is 19.8 Å². The van der Waals surface area contributed by atoms with Gasteiger partial charge < -0.3 is 15.5 Å². The third-order valence-electron chi connectivity index (χ3n) is 2.12. The van der Waals surface area contributed by atoms with Crippen molar-refractivity contribution in [1.29, 1.82) is 0 Å². The molecule has 0 bridgehead atoms. The predicted molar refractivity (Wildman–Crippen MR) is 71.7 cm³/mol. The number of aliphatic hydroxyl groups excluding tert-OH is 1. The Morgan fingerprint density at radius 1 is 1.56 bits per heavy atom. The van der Waals surface area contributed by atoms with Crippen LogP contribution in [-0.4, -0.2) is 40.0 Å². The summed E-state index contributed by atoms with van der Waals surface area (Å²) in [6.45, 7) is 1.33. The molecule has 2 unspecified atom stereocenters. The van der Waals surface area contributed by atoms with Crippen molar-refractivity contribution in [3.05, 3.63) is 22.4 Å². The summed E-state index contributed by atoms with van der Waals surface area (Å²) in [7, 11) is 0. The number of carbonyl (C=O) groups is 2. The molecular formula is C11H15NO4S2. The van der Waals surface area contributed by atoms with Crippen molar-refractivity contribution in [3.8, 4) is 0 Å². The molecule has 3 N–H and O–H groups in total. The van der Waals surface area contributed by atoms with Crippen LogP contribution in [-0.2, 0) is 15.3 Å². The Morgan fingerprint density at radius 3 is 2.78 bits per heavy atom. The van der Waals surface area contributed by atoms with E-state index in [0.717, 1.165) is 10.6 Å². The van der Waals surface area contributed by atoms with E-state index in [1.165, 1.54) is 18.7 Å². The van der Waals surface area contributed by atoms with Crippen LogP contribution in [0.4, 0.5) is 0 Å². The molecule has 0 spiro atoms. The third kappa shape index (κ3) is 5.07. The number of nitrogens with one attached hydrogen (secondary N) is 1. The van der Waals surface area contributed by atoms with Crippen molar-refractivity contribution in [2.75, 3.05) is 5.75 Å². The summed E-state index contributed by atoms with van der Waals surface area (Å²) in [6, 6.07) is 2.67. The highest BCUT2D eigenvalue weighted by Crippen LogP contribution is 2.16. The van der Waals surface area contributed by atoms with E-state index in [1.807, 2.05) is 17.5 Å². The van der Waals surface area contributed by atoms with E-state index >= 15 is 0 Å². The molecule has 1 aromatic heterocycles. The number of carbonyl (C=O) groups excluding carboxylic acids is 1. The molecule has 0 fully saturated rings. The first-order valence-corrected chi connectivity index (χ1v) is 7.34. The van der Waals surface area contributed by atoms with Gasteiger partial charge in [-0.15, -0.1) is 23.1 Å². The van der Waals surface area contributed by atoms with Gasteiger partial charge in [0.25, 0.3) is 0 Å². The van der Waals surface area contributed by atoms with Gasteiger partial charge in [-0.1, -0.05) is 6.07 Å². The van der Waals surface area contributed by atoms with E-state index in [-0.39, 0.29) is 11.7 Å². The van der Waals surface area contributed by atoms with E-state index < -0.39 is 18.1 Å². The van der Waals surface area contributed by atoms with Crippen LogP contribution in [0.25, 0.3) is 0 Å². The van der Waals surface area contributed by atoms with Crippen LogP contribution in [0.1, 0.15) is 11.8 Å². The quantitative estimate of drug-likeness (QED) is 0.695. The Balaban J connectivity index is 2.30. The summed E-state index contributed by atoms with van der Waals surface area (Å²) in [4.78, 5) is 23.4. The lowest BCUT2D eigenvalue weighted by Gasteiger charge is -2.16. The molecule has 0 aliphatic heterocycles. The van der Waals surface area contributed by atoms with Crippen LogP contribution in [0.3, 0.4) is 0 Å². The molecule has 1 amide bonds. The number of carboxylic acids is 1. The summed E-state index contributed by atoms with van der Waals surface area (Å²) < 4.78 is 0. The SMILES string of the molecule is CC(O)C(NC(=O)CSCc1cccs1)C(=O)O. The lowest BCUT2D eigenvalue weighted by molar-refractivity contribution is -0.144. The Morgan fingerprint density at radius 2 is 2.28 bits per heavy atom. The molecule has 0 aliphatic rings. The molecule has 2 atom stereocenters. The molecule has 1 aromatic rings. The molecule has 100 valence electrons. The number of hydrogen-bond acceptors (Lipinski definition) is 5. The van der Waals surface area contributed by atoms with Crippen LogP contribution >= 0.6 is 23.1 Å². The Kier molecular flexibility index (Phi) is 6.17. The fraction of sp³-hybridized carbons (Fsp3) is 0.455. The van der Waals surface area contributed by atoms with Gasteiger partial charge in [0.15, 0.2) is 6.04 Å². The number of aliphatic carboxylic acids is 1. The lowest BCUT2D eigenvalue weighted by Crippen LogP contribution is -2.48. The topological polar surface area (TPSA) is 86.6 Å². The lowest BCUT2D eigenvalue weighted by atomic mass is 10.2. The maximum absolute atomic E-state index is 11.5. The number of thiophene rings is 1. The first-order chi connectivity index (χ1) is 8.50. The highest BCUT2D eigenvalue weighted by atomic mass is 32.2. The monoisotopic (exact) mass is 289 g/mol. The van der Waals surface area contributed by atoms with Crippen LogP contribution in [0, 0.1) is 0 Å². The van der Waals surface area contributed by atoms with Crippen molar-refractivity contribution in [3.63, 3.8) is 0 Å². The van der Waals surface area contributed by atoms with E-state index in [4.69, 9.17) is 5.11 Å². The molecule has 7 heteroatoms. The molecular weight excluding hydrogens is 274 g/mol. The zero-order valence-corrected chi connectivity index (χ0v) is 11.5. The van der Waals surface area contributed by atoms with Crippen molar-refractivity contribution in [2.45, 2.75) is 24.8 Å². The Bertz CT molecular complexity index is 392. The summed E-state index contributed by atoms with van der Waals surface area (Å²) >= 11 is 3.02. The van der Waals surface area contributed by atoms with E-state index in [1.54, 1.807) is 11.3 Å². The number of aliphatic hydroxyl groups is 1. The molecule has 1 rings (SSSR count). The minimum atomic E-state index is -1.25. The van der Waals surface area contributed by atoms with Gasteiger partial charge in [0.1, 0.15) is 0 Å². The molecule has 1 heterocycles. The number of carboxylic acid groups (broad SMARTS) is 1. The smallest absolute Gasteiger partial charge is 0.328 e. The number of amides is 1. The predicted octanol–water partition coefficient (Wildman–Crippen LogP) is 0.931. The molecule has 5 nitrogen and oxygen atoms in total. The number of thioether (sulfide) groups is 1. The first-order valence-electron chi connectivity index (χ1n) is 5.31. The standard InChI is InChI=1S/C11H15NO4S2/c1-7(13)10(11(15)16)12-9(14)6-17-5-8-3-2-4-18-8/h2-4,7,10,13H,5-6H2,1H3,(H,12,14)(H,15,16). The number of hydrogen-bond donors (Lipinski definition) is 3. The second-order valence-corrected chi connectivity index (χ2v) is 5.71. The van der Waals surface area contributed by atoms with Crippen molar-refractivity contribution in [1.82, 2.24) is 5.32 Å². The summed E-state index contributed by atoms with van der Waals surface area (Å²) in [5.41, 5.74) is 0. The summed E-state index contributed by atoms with van der Waals surface area (Å²) in [6.07, 6.45) is -1.12. The fourth-order valence-corrected chi connectivity index (χ4v) is 2.92. The maximum atomic E-state index is 11.5. The van der Waals surface area contributed by atoms with Crippen LogP contribution in [0.15, 0.2) is 17.5 Å². The van der Waals surface area contributed by atoms with Gasteiger partial charge >= 0.3 is 5.97 Å². The summed E-state index contributed by atoms with van der Waals surface area (Å²) in [5, 5.41) is 22.2. The second-order valence-electron chi connectivity index (χ2n) is 3.70. The van der Waals surface area contributed by atoms with Gasteiger partial charge in [0.05, 0.1) is 11.9 Å². The minimum absolute atomic E-state index is 0.175. The van der Waals surface area contributed by atoms with Gasteiger partial charge in [0, 0.05) is 10.6 Å². The molecule has 0 radical (unpaired) electrons. The highest BCUT2D eigenvalue weighted by molar-refractivity contribution is 7.99. The van der Waals surface area contributed by atoms with Gasteiger partial charge in [-0.2, -0.15) is 0 Å². The Hall–Kier alpha value is -1.05. The first kappa shape index (κ1) is 15.0. The highest BCUT2D eigenvalue weighted by Gasteiger charge is 2.24. The molecule has 0 saturated carbocycles. The Labute approximate surface area is 113 Å². The fourth-order valence-electron chi connectivity index (χ4n) is 1.24. The van der Waals surface area contributed by atoms with Crippen molar-refractivity contribution in [2.24, 2.45) is 0 Å². The third-order valence-corrected chi connectivity index (χ3v) is 4.16. The zero-order valence-electron chi connectivity index (χ0n) is 9.83. The molecule has 0 aliphatic carbocycles. The van der Waals surface area contributed by atoms with Crippen LogP contribution in [0.5, 0.6) is 0 Å². The molecule has 0 aromatic carbocycles. The van der Waals surface area contributed by atoms with Crippen LogP contribution < -0.4 is 5.32 Å². The average molecular weight is 289 g/mol. The number of rotatable bonds is 7. The largest absolute Gasteiger partial charge is 0.480 e. The summed E-state index contributed by atoms with van der Waals surface area (Å²) in [5.74, 6) is -0.724. The average Bonchev–Trinajstić information content (AvgIpc) is 2.78. The second kappa shape index (κ2) is 7.40. The minimum Gasteiger partial charge on any atom is -0.480 e. The van der Waals surface area contributed by atoms with E-state index in [0.29, 0.717) is 0 Å². The molecule has 18 heavy (non-hydrogen) atoms. The normalized spacial score (nSPS) is 13.9. The van der Waals surface area contributed by atoms with Gasteiger partial charge in [0.2, 0.25) is 5.91 Å². The van der Waals surface area contributed by atoms with E-state index in [2.05, 4.69) is 5.32 Å². The van der Waals surface area contributed by atoms with E-state index in [9.17, 15) is 14.7 Å². The van der Waals surface area contributed by atoms with Crippen LogP contribution in [0.2, 0.25) is 0 Å². The van der Waals surface area contributed by atoms with Crippen molar-refractivity contribution >= 4 is 35.0 Å². The van der Waals surface area contributed by atoms with Gasteiger partial charge in [-0.05, 0) is 18.4 Å². The van der Waals surface area contributed by atoms with Gasteiger partial charge in [-0.25, -0.2) is 4.79 Å². The zero-order chi connectivity index (χ0) is 13.5.